The summed E-state index contributed by atoms with van der Waals surface area (Å²) in [6, 6.07) is 7.97. The fourth-order valence-corrected chi connectivity index (χ4v) is 3.53. The van der Waals surface area contributed by atoms with E-state index in [2.05, 4.69) is 29.8 Å². The maximum atomic E-state index is 13.6. The highest BCUT2D eigenvalue weighted by Gasteiger charge is 2.34. The number of urea groups is 1. The van der Waals surface area contributed by atoms with Crippen LogP contribution in [0.15, 0.2) is 36.0 Å². The number of alkyl halides is 1. The summed E-state index contributed by atoms with van der Waals surface area (Å²) < 4.78 is 0.205. The Kier molecular flexibility index (Phi) is 16.2. The molecule has 0 aliphatic heterocycles. The second-order valence-corrected chi connectivity index (χ2v) is 12.4. The number of rotatable bonds is 11. The van der Waals surface area contributed by atoms with Crippen LogP contribution < -0.4 is 16.0 Å². The minimum atomic E-state index is -0.858. The van der Waals surface area contributed by atoms with Crippen LogP contribution in [0.3, 0.4) is 0 Å². The number of halogens is 1. The summed E-state index contributed by atoms with van der Waals surface area (Å²) in [6.07, 6.45) is 2.33. The zero-order chi connectivity index (χ0) is 30.4. The van der Waals surface area contributed by atoms with Crippen LogP contribution >= 0.6 is 22.6 Å². The van der Waals surface area contributed by atoms with Crippen LogP contribution in [0.5, 0.6) is 0 Å². The smallest absolute Gasteiger partial charge is 0.318 e. The third kappa shape index (κ3) is 15.1. The van der Waals surface area contributed by atoms with Crippen LogP contribution in [0.2, 0.25) is 0 Å². The first kappa shape index (κ1) is 36.6. The average Bonchev–Trinajstić information content (AvgIpc) is 2.84. The van der Waals surface area contributed by atoms with Gasteiger partial charge in [-0.25, -0.2) is 4.79 Å². The van der Waals surface area contributed by atoms with Gasteiger partial charge in [-0.2, -0.15) is 0 Å². The number of benzene rings is 1. The summed E-state index contributed by atoms with van der Waals surface area (Å²) in [5.41, 5.74) is -0.276. The molecule has 0 saturated heterocycles. The van der Waals surface area contributed by atoms with Crippen molar-refractivity contribution in [1.82, 2.24) is 20.9 Å². The van der Waals surface area contributed by atoms with Gasteiger partial charge in [0, 0.05) is 12.1 Å². The van der Waals surface area contributed by atoms with Gasteiger partial charge in [0.1, 0.15) is 6.04 Å². The summed E-state index contributed by atoms with van der Waals surface area (Å²) in [4.78, 5) is 53.5. The fourth-order valence-electron chi connectivity index (χ4n) is 3.31. The van der Waals surface area contributed by atoms with Gasteiger partial charge in [0.15, 0.2) is 5.78 Å². The van der Waals surface area contributed by atoms with E-state index in [0.29, 0.717) is 12.5 Å². The Balaban J connectivity index is 0.00000704. The molecular formula is C30H49IN4O4. The Hall–Kier alpha value is -2.43. The molecule has 1 aromatic carbocycles. The lowest BCUT2D eigenvalue weighted by Crippen LogP contribution is -2.54. The van der Waals surface area contributed by atoms with E-state index in [9.17, 15) is 19.2 Å². The van der Waals surface area contributed by atoms with Crippen LogP contribution in [0.1, 0.15) is 81.2 Å². The number of carbonyl (C=O) groups is 4. The zero-order valence-electron chi connectivity index (χ0n) is 25.4. The van der Waals surface area contributed by atoms with Gasteiger partial charge in [-0.3, -0.25) is 14.4 Å². The van der Waals surface area contributed by atoms with Gasteiger partial charge in [-0.15, -0.1) is 0 Å². The number of hydrogen-bond acceptors (Lipinski definition) is 4. The molecule has 0 aliphatic rings. The second kappa shape index (κ2) is 17.3. The van der Waals surface area contributed by atoms with Gasteiger partial charge in [0.25, 0.3) is 0 Å². The van der Waals surface area contributed by atoms with Gasteiger partial charge in [-0.05, 0) is 50.2 Å². The lowest BCUT2D eigenvalue weighted by Gasteiger charge is -2.31. The standard InChI is InChI=1S/C28H43IN4O4.C2H6/c1-19(2)14-15-33(26(37)32-28(6,7)8)18-22(34)21(16-20-12-10-9-11-13-20)30-25(36)24(27(3,4)5)31-23(35)17-29;1-2/h9-13,16,19,24H,14-15,17-18H2,1-8H3,(H,30,36)(H,31,35)(H,32,37);1-2H3/b21-16+;/t24-;/m1./s1. The number of hydrogen-bond donors (Lipinski definition) is 3. The highest BCUT2D eigenvalue weighted by molar-refractivity contribution is 14.1. The molecule has 39 heavy (non-hydrogen) atoms. The monoisotopic (exact) mass is 656 g/mol. The van der Waals surface area contributed by atoms with Crippen molar-refractivity contribution in [3.8, 4) is 0 Å². The van der Waals surface area contributed by atoms with Crippen molar-refractivity contribution >= 4 is 52.3 Å². The predicted octanol–water partition coefficient (Wildman–Crippen LogP) is 5.56. The molecule has 3 N–H and O–H groups in total. The lowest BCUT2D eigenvalue weighted by atomic mass is 9.86. The number of nitrogens with zero attached hydrogens (tertiary/aromatic N) is 1. The number of ketones is 1. The van der Waals surface area contributed by atoms with Crippen molar-refractivity contribution in [3.05, 3.63) is 41.6 Å². The van der Waals surface area contributed by atoms with E-state index in [1.807, 2.05) is 108 Å². The summed E-state index contributed by atoms with van der Waals surface area (Å²) in [6.45, 7) is 19.5. The van der Waals surface area contributed by atoms with Gasteiger partial charge >= 0.3 is 6.03 Å². The van der Waals surface area contributed by atoms with E-state index in [4.69, 9.17) is 0 Å². The molecular weight excluding hydrogens is 607 g/mol. The Morgan fingerprint density at radius 2 is 1.54 bits per heavy atom. The fraction of sp³-hybridized carbons (Fsp3) is 0.600. The van der Waals surface area contributed by atoms with Crippen LogP contribution in [0.4, 0.5) is 4.79 Å². The van der Waals surface area contributed by atoms with Crippen molar-refractivity contribution in [2.45, 2.75) is 87.2 Å². The van der Waals surface area contributed by atoms with Crippen molar-refractivity contribution < 1.29 is 19.2 Å². The molecule has 0 saturated carbocycles. The number of nitrogens with one attached hydrogen (secondary N) is 3. The van der Waals surface area contributed by atoms with E-state index >= 15 is 0 Å². The molecule has 0 unspecified atom stereocenters. The normalized spacial score (nSPS) is 12.6. The Labute approximate surface area is 249 Å². The molecule has 4 amide bonds. The minimum absolute atomic E-state index is 0.0623. The SMILES string of the molecule is CC.CC(C)CCN(CC(=O)/C(=C\c1ccccc1)NC(=O)[C@@H](NC(=O)CI)C(C)(C)C)C(=O)NC(C)(C)C. The summed E-state index contributed by atoms with van der Waals surface area (Å²) in [7, 11) is 0. The van der Waals surface area contributed by atoms with Gasteiger partial charge in [-0.1, -0.05) is 101 Å². The Bertz CT molecular complexity index is 963. The first-order valence-corrected chi connectivity index (χ1v) is 15.1. The molecule has 220 valence electrons. The first-order chi connectivity index (χ1) is 18.0. The molecule has 1 aromatic rings. The molecule has 0 bridgehead atoms. The molecule has 0 aliphatic carbocycles. The maximum Gasteiger partial charge on any atom is 0.318 e. The highest BCUT2D eigenvalue weighted by Crippen LogP contribution is 2.20. The molecule has 0 spiro atoms. The summed E-state index contributed by atoms with van der Waals surface area (Å²) in [5.74, 6) is -0.825. The van der Waals surface area contributed by atoms with Crippen LogP contribution in [0.25, 0.3) is 6.08 Å². The van der Waals surface area contributed by atoms with Crippen molar-refractivity contribution in [3.63, 3.8) is 0 Å². The molecule has 1 rings (SSSR count). The number of amides is 4. The van der Waals surface area contributed by atoms with E-state index < -0.39 is 28.7 Å². The predicted molar refractivity (Wildman–Crippen MR) is 169 cm³/mol. The molecule has 0 heterocycles. The average molecular weight is 657 g/mol. The summed E-state index contributed by atoms with van der Waals surface area (Å²) in [5, 5.41) is 8.44. The van der Waals surface area contributed by atoms with Crippen molar-refractivity contribution in [1.29, 1.82) is 0 Å². The molecule has 0 radical (unpaired) electrons. The molecule has 1 atom stereocenters. The van der Waals surface area contributed by atoms with Crippen molar-refractivity contribution in [2.75, 3.05) is 17.5 Å². The third-order valence-corrected chi connectivity index (χ3v) is 6.00. The largest absolute Gasteiger partial charge is 0.343 e. The number of carbonyl (C=O) groups excluding carboxylic acids is 4. The van der Waals surface area contributed by atoms with Gasteiger partial charge in [0.05, 0.1) is 16.7 Å². The third-order valence-electron chi connectivity index (χ3n) is 5.30. The van der Waals surface area contributed by atoms with Gasteiger partial charge in [0.2, 0.25) is 11.8 Å². The highest BCUT2D eigenvalue weighted by atomic mass is 127. The van der Waals surface area contributed by atoms with Crippen molar-refractivity contribution in [2.24, 2.45) is 11.3 Å². The van der Waals surface area contributed by atoms with E-state index in [-0.39, 0.29) is 28.6 Å². The number of Topliss-reactive ketones (excluding diaryl/α,β-unsaturated/α-hetero) is 1. The molecule has 8 nitrogen and oxygen atoms in total. The van der Waals surface area contributed by atoms with E-state index in [1.54, 1.807) is 6.08 Å². The Morgan fingerprint density at radius 1 is 0.974 bits per heavy atom. The maximum absolute atomic E-state index is 13.6. The second-order valence-electron chi connectivity index (χ2n) is 11.7. The molecule has 9 heteroatoms. The van der Waals surface area contributed by atoms with E-state index in [0.717, 1.165) is 12.0 Å². The van der Waals surface area contributed by atoms with Crippen LogP contribution in [-0.2, 0) is 14.4 Å². The van der Waals surface area contributed by atoms with Crippen LogP contribution in [0, 0.1) is 11.3 Å². The summed E-state index contributed by atoms with van der Waals surface area (Å²) >= 11 is 1.94. The molecule has 0 fully saturated rings. The van der Waals surface area contributed by atoms with Crippen LogP contribution in [-0.4, -0.2) is 57.6 Å². The van der Waals surface area contributed by atoms with Gasteiger partial charge < -0.3 is 20.9 Å². The lowest BCUT2D eigenvalue weighted by molar-refractivity contribution is -0.130. The minimum Gasteiger partial charge on any atom is -0.343 e. The topological polar surface area (TPSA) is 108 Å². The Morgan fingerprint density at radius 3 is 2.00 bits per heavy atom. The quantitative estimate of drug-likeness (QED) is 0.165. The van der Waals surface area contributed by atoms with E-state index in [1.165, 1.54) is 4.90 Å². The zero-order valence-corrected chi connectivity index (χ0v) is 27.6. The molecule has 0 aromatic heterocycles. The first-order valence-electron chi connectivity index (χ1n) is 13.6.